The lowest BCUT2D eigenvalue weighted by atomic mass is 10.0. The quantitative estimate of drug-likeness (QED) is 0.168. The van der Waals surface area contributed by atoms with Crippen LogP contribution in [-0.2, 0) is 14.3 Å². The molecule has 0 saturated carbocycles. The van der Waals surface area contributed by atoms with Crippen molar-refractivity contribution in [1.29, 1.82) is 0 Å². The molecule has 3 aromatic rings. The van der Waals surface area contributed by atoms with Crippen molar-refractivity contribution >= 4 is 40.9 Å². The number of hydrogen-bond acceptors (Lipinski definition) is 9. The van der Waals surface area contributed by atoms with Gasteiger partial charge in [0.2, 0.25) is 5.75 Å². The Kier molecular flexibility index (Phi) is 10.9. The molecule has 3 amide bonds. The number of benzene rings is 3. The van der Waals surface area contributed by atoms with Crippen LogP contribution in [0.3, 0.4) is 0 Å². The Morgan fingerprint density at radius 2 is 1.55 bits per heavy atom. The highest BCUT2D eigenvalue weighted by atomic mass is 32.2. The molecule has 0 aliphatic carbocycles. The van der Waals surface area contributed by atoms with Crippen LogP contribution >= 0.6 is 11.8 Å². The molecule has 3 aromatic carbocycles. The Morgan fingerprint density at radius 1 is 0.864 bits per heavy atom. The lowest BCUT2D eigenvalue weighted by molar-refractivity contribution is -0.137. The number of nitrogens with one attached hydrogen (secondary N) is 2. The number of imide groups is 1. The highest BCUT2D eigenvalue weighted by molar-refractivity contribution is 8.04. The van der Waals surface area contributed by atoms with E-state index in [1.807, 2.05) is 30.3 Å². The zero-order valence-electron chi connectivity index (χ0n) is 25.7. The minimum atomic E-state index is -0.395. The van der Waals surface area contributed by atoms with Crippen LogP contribution in [0.1, 0.15) is 42.1 Å². The molecule has 0 bridgehead atoms. The van der Waals surface area contributed by atoms with Crippen molar-refractivity contribution in [3.8, 4) is 17.2 Å². The molecule has 1 heterocycles. The van der Waals surface area contributed by atoms with Gasteiger partial charge < -0.3 is 29.6 Å². The maximum atomic E-state index is 13.5. The minimum absolute atomic E-state index is 0.210. The molecule has 232 valence electrons. The Labute approximate surface area is 261 Å². The van der Waals surface area contributed by atoms with Crippen LogP contribution < -0.4 is 24.8 Å². The molecule has 0 unspecified atom stereocenters. The zero-order chi connectivity index (χ0) is 31.8. The highest BCUT2D eigenvalue weighted by Crippen LogP contribution is 2.39. The first-order valence-corrected chi connectivity index (χ1v) is 14.9. The molecule has 0 aromatic heterocycles. The summed E-state index contributed by atoms with van der Waals surface area (Å²) in [4.78, 5) is 42.3. The second-order valence-electron chi connectivity index (χ2n) is 10.2. The fourth-order valence-electron chi connectivity index (χ4n) is 4.60. The summed E-state index contributed by atoms with van der Waals surface area (Å²) in [6, 6.07) is 18.0. The van der Waals surface area contributed by atoms with Crippen molar-refractivity contribution in [3.05, 3.63) is 82.4 Å². The monoisotopic (exact) mass is 619 g/mol. The average molecular weight is 620 g/mol. The molecular formula is C33H37N3O7S. The van der Waals surface area contributed by atoms with Gasteiger partial charge in [0, 0.05) is 42.1 Å². The van der Waals surface area contributed by atoms with Gasteiger partial charge in [0.15, 0.2) is 11.5 Å². The van der Waals surface area contributed by atoms with E-state index in [1.165, 1.54) is 31.8 Å². The molecule has 2 N–H and O–H groups in total. The molecule has 1 aliphatic heterocycles. The largest absolute Gasteiger partial charge is 0.493 e. The Hall–Kier alpha value is -4.48. The van der Waals surface area contributed by atoms with Gasteiger partial charge in [0.1, 0.15) is 10.6 Å². The molecule has 0 saturated heterocycles. The summed E-state index contributed by atoms with van der Waals surface area (Å²) in [7, 11) is 6.02. The number of hydrogen-bond donors (Lipinski definition) is 2. The summed E-state index contributed by atoms with van der Waals surface area (Å²) in [6.07, 6.45) is 0.519. The molecule has 0 atom stereocenters. The summed E-state index contributed by atoms with van der Waals surface area (Å²) in [5.74, 6) is 0.275. The van der Waals surface area contributed by atoms with Crippen molar-refractivity contribution in [2.45, 2.75) is 31.1 Å². The number of carbonyl (C=O) groups excluding carboxylic acids is 3. The van der Waals surface area contributed by atoms with Gasteiger partial charge in [-0.05, 0) is 60.4 Å². The maximum Gasteiger partial charge on any atom is 0.278 e. The third-order valence-corrected chi connectivity index (χ3v) is 8.01. The second kappa shape index (κ2) is 14.8. The van der Waals surface area contributed by atoms with Crippen LogP contribution in [0.2, 0.25) is 0 Å². The molecule has 0 fully saturated rings. The van der Waals surface area contributed by atoms with Crippen LogP contribution in [0.15, 0.2) is 76.2 Å². The zero-order valence-corrected chi connectivity index (χ0v) is 26.5. The van der Waals surface area contributed by atoms with Crippen molar-refractivity contribution in [1.82, 2.24) is 4.90 Å². The van der Waals surface area contributed by atoms with E-state index in [2.05, 4.69) is 24.5 Å². The SMILES string of the molecule is COCCCN1C(=O)C(Nc2ccc(C(C)C)cc2)=C(Sc2cccc(NC(=O)c3cc(OC)c(OC)c(OC)c3)c2)C1=O. The molecule has 4 rings (SSSR count). The Bertz CT molecular complexity index is 1530. The topological polar surface area (TPSA) is 115 Å². The van der Waals surface area contributed by atoms with E-state index in [0.29, 0.717) is 58.0 Å². The molecule has 10 nitrogen and oxygen atoms in total. The average Bonchev–Trinajstić information content (AvgIpc) is 3.24. The first-order chi connectivity index (χ1) is 21.2. The highest BCUT2D eigenvalue weighted by Gasteiger charge is 2.39. The number of amides is 3. The van der Waals surface area contributed by atoms with E-state index in [0.717, 1.165) is 11.8 Å². The van der Waals surface area contributed by atoms with Gasteiger partial charge in [-0.3, -0.25) is 19.3 Å². The summed E-state index contributed by atoms with van der Waals surface area (Å²) in [5.41, 5.74) is 2.88. The third-order valence-electron chi connectivity index (χ3n) is 6.94. The van der Waals surface area contributed by atoms with Crippen molar-refractivity contribution in [2.24, 2.45) is 0 Å². The van der Waals surface area contributed by atoms with E-state index in [1.54, 1.807) is 37.4 Å². The van der Waals surface area contributed by atoms with Crippen molar-refractivity contribution in [3.63, 3.8) is 0 Å². The minimum Gasteiger partial charge on any atom is -0.493 e. The molecule has 0 spiro atoms. The number of thioether (sulfide) groups is 1. The standard InChI is InChI=1S/C33H37N3O7S/c1-20(2)21-11-13-23(14-12-21)34-28-30(33(39)36(32(28)38)15-8-16-40-3)44-25-10-7-9-24(19-25)35-31(37)22-17-26(41-4)29(43-6)27(18-22)42-5/h7,9-14,17-20,34H,8,15-16H2,1-6H3,(H,35,37). The first kappa shape index (κ1) is 32.4. The van der Waals surface area contributed by atoms with Gasteiger partial charge in [-0.15, -0.1) is 0 Å². The number of methoxy groups -OCH3 is 4. The van der Waals surface area contributed by atoms with E-state index in [9.17, 15) is 14.4 Å². The lowest BCUT2D eigenvalue weighted by Crippen LogP contribution is -2.33. The van der Waals surface area contributed by atoms with Gasteiger partial charge in [-0.1, -0.05) is 43.8 Å². The second-order valence-corrected chi connectivity index (χ2v) is 11.3. The van der Waals surface area contributed by atoms with E-state index in [4.69, 9.17) is 18.9 Å². The van der Waals surface area contributed by atoms with Gasteiger partial charge in [-0.25, -0.2) is 0 Å². The molecule has 0 radical (unpaired) electrons. The first-order valence-electron chi connectivity index (χ1n) is 14.1. The molecular weight excluding hydrogens is 582 g/mol. The summed E-state index contributed by atoms with van der Waals surface area (Å²) >= 11 is 1.16. The normalized spacial score (nSPS) is 13.0. The van der Waals surface area contributed by atoms with Crippen LogP contribution in [0.25, 0.3) is 0 Å². The van der Waals surface area contributed by atoms with Gasteiger partial charge in [-0.2, -0.15) is 0 Å². The Balaban J connectivity index is 1.60. The number of nitrogens with zero attached hydrogens (tertiary/aromatic N) is 1. The predicted molar refractivity (Wildman–Crippen MR) is 171 cm³/mol. The fraction of sp³-hybridized carbons (Fsp3) is 0.303. The third kappa shape index (κ3) is 7.35. The number of ether oxygens (including phenoxy) is 4. The lowest BCUT2D eigenvalue weighted by Gasteiger charge is -2.15. The van der Waals surface area contributed by atoms with Crippen LogP contribution in [0.4, 0.5) is 11.4 Å². The Morgan fingerprint density at radius 3 is 2.14 bits per heavy atom. The van der Waals surface area contributed by atoms with Crippen LogP contribution in [-0.4, -0.2) is 64.2 Å². The number of anilines is 2. The number of rotatable bonds is 14. The fourth-order valence-corrected chi connectivity index (χ4v) is 5.60. The smallest absolute Gasteiger partial charge is 0.278 e. The summed E-state index contributed by atoms with van der Waals surface area (Å²) in [5, 5.41) is 6.07. The molecule has 11 heteroatoms. The maximum absolute atomic E-state index is 13.5. The van der Waals surface area contributed by atoms with Gasteiger partial charge >= 0.3 is 0 Å². The molecule has 44 heavy (non-hydrogen) atoms. The van der Waals surface area contributed by atoms with Gasteiger partial charge in [0.25, 0.3) is 17.7 Å². The van der Waals surface area contributed by atoms with Gasteiger partial charge in [0.05, 0.1) is 21.3 Å². The number of carbonyl (C=O) groups is 3. The predicted octanol–water partition coefficient (Wildman–Crippen LogP) is 5.91. The van der Waals surface area contributed by atoms with Crippen molar-refractivity contribution < 1.29 is 33.3 Å². The summed E-state index contributed by atoms with van der Waals surface area (Å²) < 4.78 is 21.2. The molecule has 1 aliphatic rings. The van der Waals surface area contributed by atoms with E-state index in [-0.39, 0.29) is 23.1 Å². The summed E-state index contributed by atoms with van der Waals surface area (Å²) in [6.45, 7) is 4.88. The van der Waals surface area contributed by atoms with E-state index < -0.39 is 11.8 Å². The van der Waals surface area contributed by atoms with Crippen LogP contribution in [0, 0.1) is 0 Å². The van der Waals surface area contributed by atoms with E-state index >= 15 is 0 Å². The van der Waals surface area contributed by atoms with Crippen LogP contribution in [0.5, 0.6) is 17.2 Å². The van der Waals surface area contributed by atoms with Crippen molar-refractivity contribution in [2.75, 3.05) is 52.2 Å².